The second-order valence-corrected chi connectivity index (χ2v) is 7.22. The summed E-state index contributed by atoms with van der Waals surface area (Å²) >= 11 is 3.11. The van der Waals surface area contributed by atoms with E-state index in [2.05, 4.69) is 4.99 Å². The zero-order valence-corrected chi connectivity index (χ0v) is 16.2. The molecule has 24 heavy (non-hydrogen) atoms. The number of ether oxygens (including phenoxy) is 2. The van der Waals surface area contributed by atoms with Crippen molar-refractivity contribution in [1.29, 1.82) is 0 Å². The van der Waals surface area contributed by atoms with Gasteiger partial charge < -0.3 is 14.0 Å². The zero-order chi connectivity index (χ0) is 17.7. The molecular formula is C17H22N2O3S2. The first kappa shape index (κ1) is 18.8. The molecule has 2 aromatic rings. The van der Waals surface area contributed by atoms with E-state index in [0.29, 0.717) is 29.3 Å². The first-order valence-corrected chi connectivity index (χ1v) is 9.52. The molecule has 0 aliphatic carbocycles. The molecule has 0 aliphatic heterocycles. The van der Waals surface area contributed by atoms with Gasteiger partial charge in [0.1, 0.15) is 5.75 Å². The maximum absolute atomic E-state index is 12.6. The van der Waals surface area contributed by atoms with Gasteiger partial charge in [0.05, 0.1) is 19.3 Å². The maximum Gasteiger partial charge on any atom is 0.283 e. The lowest BCUT2D eigenvalue weighted by atomic mass is 10.2. The molecule has 0 saturated heterocycles. The Morgan fingerprint density at radius 1 is 1.33 bits per heavy atom. The van der Waals surface area contributed by atoms with E-state index in [1.54, 1.807) is 32.0 Å². The van der Waals surface area contributed by atoms with Gasteiger partial charge >= 0.3 is 0 Å². The Hall–Kier alpha value is -1.57. The van der Waals surface area contributed by atoms with Crippen LogP contribution in [0.3, 0.4) is 0 Å². The molecule has 0 fully saturated rings. The standard InChI is InChI=1S/C17H22N2O3S2/c1-11-12(2)24-17(19(11)8-9-21-3)18-16(20)14-7-6-13(23-5)10-15(14)22-4/h6-7,10H,8-9H2,1-5H3. The maximum atomic E-state index is 12.6. The molecule has 2 rings (SSSR count). The van der Waals surface area contributed by atoms with E-state index in [4.69, 9.17) is 9.47 Å². The predicted octanol–water partition coefficient (Wildman–Crippen LogP) is 3.28. The Labute approximate surface area is 150 Å². The van der Waals surface area contributed by atoms with Crippen molar-refractivity contribution in [2.45, 2.75) is 25.3 Å². The molecule has 0 N–H and O–H groups in total. The van der Waals surface area contributed by atoms with E-state index in [-0.39, 0.29) is 5.91 Å². The van der Waals surface area contributed by atoms with Gasteiger partial charge in [-0.3, -0.25) is 4.79 Å². The van der Waals surface area contributed by atoms with Gasteiger partial charge in [-0.1, -0.05) is 0 Å². The minimum Gasteiger partial charge on any atom is -0.496 e. The van der Waals surface area contributed by atoms with Crippen LogP contribution in [0.2, 0.25) is 0 Å². The summed E-state index contributed by atoms with van der Waals surface area (Å²) in [6.07, 6.45) is 1.98. The highest BCUT2D eigenvalue weighted by Crippen LogP contribution is 2.25. The average molecular weight is 367 g/mol. The molecule has 0 atom stereocenters. The lowest BCUT2D eigenvalue weighted by Gasteiger charge is -2.07. The van der Waals surface area contributed by atoms with E-state index in [9.17, 15) is 4.79 Å². The molecule has 1 aromatic carbocycles. The number of hydrogen-bond donors (Lipinski definition) is 0. The van der Waals surface area contributed by atoms with Crippen molar-refractivity contribution in [2.75, 3.05) is 27.1 Å². The number of methoxy groups -OCH3 is 2. The number of carbonyl (C=O) groups excluding carboxylic acids is 1. The molecular weight excluding hydrogens is 344 g/mol. The lowest BCUT2D eigenvalue weighted by molar-refractivity contribution is 0.0994. The van der Waals surface area contributed by atoms with Crippen LogP contribution in [-0.2, 0) is 11.3 Å². The molecule has 130 valence electrons. The van der Waals surface area contributed by atoms with Crippen molar-refractivity contribution in [2.24, 2.45) is 4.99 Å². The summed E-state index contributed by atoms with van der Waals surface area (Å²) in [7, 11) is 3.23. The number of aryl methyl sites for hydroxylation is 1. The van der Waals surface area contributed by atoms with Crippen LogP contribution in [0.4, 0.5) is 0 Å². The molecule has 0 saturated carbocycles. The summed E-state index contributed by atoms with van der Waals surface area (Å²) in [5.74, 6) is 0.246. The fraction of sp³-hybridized carbons (Fsp3) is 0.412. The van der Waals surface area contributed by atoms with Crippen molar-refractivity contribution < 1.29 is 14.3 Å². The van der Waals surface area contributed by atoms with Gasteiger partial charge in [-0.05, 0) is 38.3 Å². The molecule has 0 bridgehead atoms. The number of aromatic nitrogens is 1. The van der Waals surface area contributed by atoms with Crippen LogP contribution in [-0.4, -0.2) is 37.6 Å². The largest absolute Gasteiger partial charge is 0.496 e. The van der Waals surface area contributed by atoms with Crippen LogP contribution in [0.1, 0.15) is 20.9 Å². The Morgan fingerprint density at radius 3 is 2.71 bits per heavy atom. The molecule has 7 heteroatoms. The van der Waals surface area contributed by atoms with Gasteiger partial charge in [0.2, 0.25) is 0 Å². The third-order valence-corrected chi connectivity index (χ3v) is 5.57. The number of rotatable bonds is 6. The van der Waals surface area contributed by atoms with Crippen LogP contribution in [0.15, 0.2) is 28.1 Å². The smallest absolute Gasteiger partial charge is 0.283 e. The molecule has 0 spiro atoms. The van der Waals surface area contributed by atoms with Crippen molar-refractivity contribution in [3.63, 3.8) is 0 Å². The van der Waals surface area contributed by atoms with Gasteiger partial charge in [-0.25, -0.2) is 0 Å². The van der Waals surface area contributed by atoms with E-state index >= 15 is 0 Å². The first-order chi connectivity index (χ1) is 11.5. The SMILES string of the molecule is COCCn1c(C)c(C)sc1=NC(=O)c1ccc(SC)cc1OC. The van der Waals surface area contributed by atoms with Crippen LogP contribution in [0.25, 0.3) is 0 Å². The molecule has 1 heterocycles. The van der Waals surface area contributed by atoms with Gasteiger partial charge in [0.25, 0.3) is 5.91 Å². The quantitative estimate of drug-likeness (QED) is 0.736. The summed E-state index contributed by atoms with van der Waals surface area (Å²) in [6.45, 7) is 5.30. The minimum atomic E-state index is -0.299. The molecule has 0 unspecified atom stereocenters. The number of thiazole rings is 1. The number of nitrogens with zero attached hydrogens (tertiary/aromatic N) is 2. The Morgan fingerprint density at radius 2 is 2.08 bits per heavy atom. The summed E-state index contributed by atoms with van der Waals surface area (Å²) in [5.41, 5.74) is 1.57. The number of hydrogen-bond acceptors (Lipinski definition) is 5. The number of carbonyl (C=O) groups is 1. The van der Waals surface area contributed by atoms with Crippen molar-refractivity contribution in [3.05, 3.63) is 39.1 Å². The molecule has 0 aliphatic rings. The highest BCUT2D eigenvalue weighted by atomic mass is 32.2. The molecule has 1 aromatic heterocycles. The van der Waals surface area contributed by atoms with Gasteiger partial charge in [0, 0.05) is 29.1 Å². The number of benzene rings is 1. The van der Waals surface area contributed by atoms with Crippen LogP contribution in [0, 0.1) is 13.8 Å². The second-order valence-electron chi connectivity index (χ2n) is 5.15. The number of amides is 1. The van der Waals surface area contributed by atoms with Crippen LogP contribution < -0.4 is 9.54 Å². The molecule has 1 amide bonds. The Balaban J connectivity index is 2.45. The topological polar surface area (TPSA) is 52.8 Å². The lowest BCUT2D eigenvalue weighted by Crippen LogP contribution is -2.20. The van der Waals surface area contributed by atoms with Gasteiger partial charge in [-0.2, -0.15) is 4.99 Å². The normalized spacial score (nSPS) is 11.8. The van der Waals surface area contributed by atoms with Crippen LogP contribution >= 0.6 is 23.1 Å². The summed E-state index contributed by atoms with van der Waals surface area (Å²) < 4.78 is 12.5. The van der Waals surface area contributed by atoms with Crippen LogP contribution in [0.5, 0.6) is 5.75 Å². The average Bonchev–Trinajstić information content (AvgIpc) is 2.85. The fourth-order valence-corrected chi connectivity index (χ4v) is 3.68. The third-order valence-electron chi connectivity index (χ3n) is 3.74. The third kappa shape index (κ3) is 4.09. The minimum absolute atomic E-state index is 0.299. The van der Waals surface area contributed by atoms with Crippen molar-refractivity contribution in [3.8, 4) is 5.75 Å². The highest BCUT2D eigenvalue weighted by molar-refractivity contribution is 7.98. The molecule has 0 radical (unpaired) electrons. The van der Waals surface area contributed by atoms with E-state index in [1.807, 2.05) is 36.8 Å². The zero-order valence-electron chi connectivity index (χ0n) is 14.6. The summed E-state index contributed by atoms with van der Waals surface area (Å²) in [6, 6.07) is 5.53. The summed E-state index contributed by atoms with van der Waals surface area (Å²) in [4.78, 5) is 19.8. The Kier molecular flexibility index (Phi) is 6.65. The highest BCUT2D eigenvalue weighted by Gasteiger charge is 2.14. The summed E-state index contributed by atoms with van der Waals surface area (Å²) in [5, 5.41) is 0. The second kappa shape index (κ2) is 8.50. The fourth-order valence-electron chi connectivity index (χ4n) is 2.25. The van der Waals surface area contributed by atoms with Crippen molar-refractivity contribution >= 4 is 29.0 Å². The molecule has 5 nitrogen and oxygen atoms in total. The predicted molar refractivity (Wildman–Crippen MR) is 98.3 cm³/mol. The van der Waals surface area contributed by atoms with Gasteiger partial charge in [0.15, 0.2) is 4.80 Å². The monoisotopic (exact) mass is 366 g/mol. The number of thioether (sulfide) groups is 1. The first-order valence-electron chi connectivity index (χ1n) is 7.48. The van der Waals surface area contributed by atoms with E-state index < -0.39 is 0 Å². The van der Waals surface area contributed by atoms with E-state index in [0.717, 1.165) is 15.5 Å². The Bertz CT molecular complexity index is 794. The van der Waals surface area contributed by atoms with Crippen molar-refractivity contribution in [1.82, 2.24) is 4.57 Å². The van der Waals surface area contributed by atoms with Gasteiger partial charge in [-0.15, -0.1) is 23.1 Å². The van der Waals surface area contributed by atoms with E-state index in [1.165, 1.54) is 11.3 Å².